The highest BCUT2D eigenvalue weighted by molar-refractivity contribution is 7.99. The zero-order chi connectivity index (χ0) is 27.5. The zero-order valence-corrected chi connectivity index (χ0v) is 24.8. The van der Waals surface area contributed by atoms with Crippen molar-refractivity contribution >= 4 is 52.0 Å². The van der Waals surface area contributed by atoms with Gasteiger partial charge in [-0.05, 0) is 77.4 Å². The zero-order valence-electron chi connectivity index (χ0n) is 22.5. The Morgan fingerprint density at radius 3 is 2.67 bits per heavy atom. The van der Waals surface area contributed by atoms with Gasteiger partial charge in [0, 0.05) is 45.7 Å². The largest absolute Gasteiger partial charge is 0.416 e. The lowest BCUT2D eigenvalue weighted by Crippen LogP contribution is -2.42. The summed E-state index contributed by atoms with van der Waals surface area (Å²) in [6.07, 6.45) is 7.82. The molecule has 5 rings (SSSR count). The molecule has 206 valence electrons. The molecule has 1 aliphatic carbocycles. The maximum Gasteiger partial charge on any atom is 0.416 e. The molecule has 3 atom stereocenters. The summed E-state index contributed by atoms with van der Waals surface area (Å²) in [6, 6.07) is 12.4. The van der Waals surface area contributed by atoms with Crippen LogP contribution in [0.3, 0.4) is 0 Å². The molecule has 0 fully saturated rings. The molecule has 2 aliphatic rings. The number of hydrogen-bond acceptors (Lipinski definition) is 4. The molecule has 1 amide bonds. The lowest BCUT2D eigenvalue weighted by atomic mass is 9.86. The summed E-state index contributed by atoms with van der Waals surface area (Å²) in [5, 5.41) is 3.03. The topological polar surface area (TPSA) is 54.6 Å². The number of hydrogen-bond donors (Lipinski definition) is 1. The summed E-state index contributed by atoms with van der Waals surface area (Å²) in [7, 11) is 0. The summed E-state index contributed by atoms with van der Waals surface area (Å²) in [6.45, 7) is 7.87. The van der Waals surface area contributed by atoms with Crippen LogP contribution in [0.1, 0.15) is 44.5 Å². The van der Waals surface area contributed by atoms with Crippen molar-refractivity contribution < 1.29 is 14.3 Å². The van der Waals surface area contributed by atoms with Gasteiger partial charge in [-0.2, -0.15) is 11.8 Å². The van der Waals surface area contributed by atoms with Gasteiger partial charge < -0.3 is 14.5 Å². The van der Waals surface area contributed by atoms with E-state index in [2.05, 4.69) is 44.0 Å². The summed E-state index contributed by atoms with van der Waals surface area (Å²) >= 11 is 14.3. The van der Waals surface area contributed by atoms with Crippen molar-refractivity contribution in [1.29, 1.82) is 0 Å². The van der Waals surface area contributed by atoms with Crippen molar-refractivity contribution in [3.63, 3.8) is 0 Å². The Kier molecular flexibility index (Phi) is 8.97. The van der Waals surface area contributed by atoms with E-state index >= 15 is 0 Å². The first kappa shape index (κ1) is 28.2. The van der Waals surface area contributed by atoms with Crippen molar-refractivity contribution in [2.75, 3.05) is 18.9 Å². The first-order chi connectivity index (χ1) is 18.8. The Bertz CT molecular complexity index is 1380. The molecular weight excluding hydrogens is 551 g/mol. The Morgan fingerprint density at radius 2 is 1.92 bits per heavy atom. The van der Waals surface area contributed by atoms with Crippen LogP contribution >= 0.6 is 35.0 Å². The van der Waals surface area contributed by atoms with Gasteiger partial charge >= 0.3 is 6.09 Å². The molecule has 8 heteroatoms. The van der Waals surface area contributed by atoms with Crippen molar-refractivity contribution in [3.8, 4) is 5.75 Å². The van der Waals surface area contributed by atoms with E-state index in [1.165, 1.54) is 5.56 Å². The Morgan fingerprint density at radius 1 is 1.15 bits per heavy atom. The molecule has 1 aromatic heterocycles. The number of nitrogens with one attached hydrogen (secondary N) is 1. The smallest absolute Gasteiger partial charge is 0.410 e. The molecule has 2 aromatic carbocycles. The minimum atomic E-state index is -0.396. The maximum absolute atomic E-state index is 13.5. The number of H-pyrrole nitrogens is 1. The molecule has 0 spiro atoms. The number of amides is 1. The van der Waals surface area contributed by atoms with E-state index in [1.54, 1.807) is 29.2 Å². The number of rotatable bonds is 8. The van der Waals surface area contributed by atoms with Crippen LogP contribution in [0.4, 0.5) is 4.79 Å². The SMILES string of the molecule is CC(C)SCCCOC1C=CC(C2c3[nH]c4ccc(Cl)cc4c3CCN2C(=O)Oc2ccc(Cl)cc2)=CC1C. The van der Waals surface area contributed by atoms with Crippen molar-refractivity contribution in [2.24, 2.45) is 5.92 Å². The Labute approximate surface area is 244 Å². The molecule has 2 heterocycles. The fraction of sp³-hybridized carbons (Fsp3) is 0.387. The number of ether oxygens (including phenoxy) is 2. The van der Waals surface area contributed by atoms with E-state index in [1.807, 2.05) is 30.0 Å². The molecule has 3 aromatic rings. The van der Waals surface area contributed by atoms with Gasteiger partial charge in [0.2, 0.25) is 0 Å². The average Bonchev–Trinajstić information content (AvgIpc) is 3.27. The van der Waals surface area contributed by atoms with E-state index in [-0.39, 0.29) is 18.1 Å². The first-order valence-corrected chi connectivity index (χ1v) is 15.3. The first-order valence-electron chi connectivity index (χ1n) is 13.5. The average molecular weight is 586 g/mol. The second-order valence-corrected chi connectivity index (χ2v) is 12.9. The number of benzene rings is 2. The van der Waals surface area contributed by atoms with Gasteiger partial charge in [-0.3, -0.25) is 4.90 Å². The Balaban J connectivity index is 1.40. The summed E-state index contributed by atoms with van der Waals surface area (Å²) < 4.78 is 12.0. The van der Waals surface area contributed by atoms with Gasteiger partial charge in [0.1, 0.15) is 11.8 Å². The number of aromatic amines is 1. The van der Waals surface area contributed by atoms with Crippen LogP contribution < -0.4 is 4.74 Å². The maximum atomic E-state index is 13.5. The van der Waals surface area contributed by atoms with E-state index in [0.29, 0.717) is 34.0 Å². The van der Waals surface area contributed by atoms with Crippen LogP contribution in [0.25, 0.3) is 10.9 Å². The molecule has 1 N–H and O–H groups in total. The second-order valence-electron chi connectivity index (χ2n) is 10.4. The number of thioether (sulfide) groups is 1. The van der Waals surface area contributed by atoms with Gasteiger partial charge in [0.15, 0.2) is 0 Å². The fourth-order valence-electron chi connectivity index (χ4n) is 5.29. The lowest BCUT2D eigenvalue weighted by Gasteiger charge is -2.37. The van der Waals surface area contributed by atoms with Crippen LogP contribution in [-0.2, 0) is 11.2 Å². The van der Waals surface area contributed by atoms with Crippen LogP contribution in [0.5, 0.6) is 5.75 Å². The Hall–Kier alpha value is -2.38. The molecule has 1 aliphatic heterocycles. The summed E-state index contributed by atoms with van der Waals surface area (Å²) in [5.41, 5.74) is 4.25. The van der Waals surface area contributed by atoms with E-state index in [9.17, 15) is 4.79 Å². The normalized spacial score (nSPS) is 20.8. The van der Waals surface area contributed by atoms with Crippen molar-refractivity contribution in [1.82, 2.24) is 9.88 Å². The minimum Gasteiger partial charge on any atom is -0.410 e. The monoisotopic (exact) mass is 584 g/mol. The third kappa shape index (κ3) is 6.51. The fourth-order valence-corrected chi connectivity index (χ4v) is 6.34. The van der Waals surface area contributed by atoms with Gasteiger partial charge in [-0.15, -0.1) is 0 Å². The quantitative estimate of drug-likeness (QED) is 0.269. The van der Waals surface area contributed by atoms with E-state index in [4.69, 9.17) is 32.7 Å². The number of fused-ring (bicyclic) bond motifs is 3. The number of carbonyl (C=O) groups is 1. The van der Waals surface area contributed by atoms with E-state index in [0.717, 1.165) is 41.0 Å². The third-order valence-corrected chi connectivity index (χ3v) is 8.84. The molecular formula is C31H34Cl2N2O3S. The highest BCUT2D eigenvalue weighted by atomic mass is 35.5. The second kappa shape index (κ2) is 12.4. The minimum absolute atomic E-state index is 0.0110. The van der Waals surface area contributed by atoms with Crippen molar-refractivity contribution in [3.05, 3.63) is 87.6 Å². The standard InChI is InChI=1S/C31H34Cl2N2O3S/c1-19(2)39-16-4-15-37-28-12-5-21(17-20(28)3)30-29-25(26-18-23(33)8-11-27(26)34-29)13-14-35(30)31(36)38-24-9-6-22(32)7-10-24/h5-12,17-20,28,30,34H,4,13-16H2,1-3H3. The van der Waals surface area contributed by atoms with Gasteiger partial charge in [0.05, 0.1) is 6.10 Å². The molecule has 5 nitrogen and oxygen atoms in total. The molecule has 0 saturated heterocycles. The summed E-state index contributed by atoms with van der Waals surface area (Å²) in [5.74, 6) is 1.73. The van der Waals surface area contributed by atoms with Crippen LogP contribution in [-0.4, -0.2) is 46.2 Å². The molecule has 3 unspecified atom stereocenters. The number of halogens is 2. The van der Waals surface area contributed by atoms with E-state index < -0.39 is 6.09 Å². The highest BCUT2D eigenvalue weighted by Gasteiger charge is 2.37. The molecule has 0 radical (unpaired) electrons. The predicted molar refractivity (Wildman–Crippen MR) is 162 cm³/mol. The summed E-state index contributed by atoms with van der Waals surface area (Å²) in [4.78, 5) is 18.9. The number of carbonyl (C=O) groups excluding carboxylic acids is 1. The van der Waals surface area contributed by atoms with Crippen molar-refractivity contribution in [2.45, 2.75) is 51.0 Å². The van der Waals surface area contributed by atoms with Gasteiger partial charge in [-0.25, -0.2) is 4.79 Å². The predicted octanol–water partition coefficient (Wildman–Crippen LogP) is 8.62. The van der Waals surface area contributed by atoms with Gasteiger partial charge in [0.25, 0.3) is 0 Å². The molecule has 39 heavy (non-hydrogen) atoms. The number of nitrogens with zero attached hydrogens (tertiary/aromatic N) is 1. The molecule has 0 bridgehead atoms. The lowest BCUT2D eigenvalue weighted by molar-refractivity contribution is 0.0617. The number of aromatic nitrogens is 1. The molecule has 0 saturated carbocycles. The van der Waals surface area contributed by atoms with Crippen LogP contribution in [0.2, 0.25) is 10.0 Å². The highest BCUT2D eigenvalue weighted by Crippen LogP contribution is 2.41. The third-order valence-electron chi connectivity index (χ3n) is 7.16. The van der Waals surface area contributed by atoms with Crippen LogP contribution in [0.15, 0.2) is 66.3 Å². The van der Waals surface area contributed by atoms with Gasteiger partial charge in [-0.1, -0.05) is 62.2 Å². The van der Waals surface area contributed by atoms with Crippen LogP contribution in [0, 0.1) is 5.92 Å².